The number of amidine groups is 1. The number of nitrogens with zero attached hydrogens (tertiary/aromatic N) is 4. The Labute approximate surface area is 131 Å². The van der Waals surface area contributed by atoms with Gasteiger partial charge in [-0.05, 0) is 17.5 Å². The minimum absolute atomic E-state index is 0.233. The fourth-order valence-electron chi connectivity index (χ4n) is 3.10. The highest BCUT2D eigenvalue weighted by molar-refractivity contribution is 8.13. The Balaban J connectivity index is 1.76. The van der Waals surface area contributed by atoms with Gasteiger partial charge in [0.2, 0.25) is 5.95 Å². The topological polar surface area (TPSA) is 67.4 Å². The molecule has 108 valence electrons. The number of aliphatic imine (C=N–C) groups is 1. The van der Waals surface area contributed by atoms with Crippen LogP contribution in [0.4, 0.5) is 5.95 Å². The van der Waals surface area contributed by atoms with Crippen molar-refractivity contribution in [1.82, 2.24) is 9.97 Å². The van der Waals surface area contributed by atoms with E-state index in [0.717, 1.165) is 24.8 Å². The summed E-state index contributed by atoms with van der Waals surface area (Å²) in [6, 6.07) is 6.09. The van der Waals surface area contributed by atoms with Crippen molar-refractivity contribution in [3.63, 3.8) is 0 Å². The molecule has 2 N–H and O–H groups in total. The van der Waals surface area contributed by atoms with E-state index in [4.69, 9.17) is 10.7 Å². The number of nitrogens with two attached hydrogens (primary N) is 1. The molecule has 2 aromatic heterocycles. The maximum Gasteiger partial charge on any atom is 0.225 e. The largest absolute Gasteiger partial charge is 0.379 e. The van der Waals surface area contributed by atoms with Crippen LogP contribution in [0.15, 0.2) is 41.0 Å². The third-order valence-corrected chi connectivity index (χ3v) is 6.07. The molecule has 0 aromatic carbocycles. The smallest absolute Gasteiger partial charge is 0.225 e. The molecule has 7 heteroatoms. The van der Waals surface area contributed by atoms with Crippen LogP contribution in [0.5, 0.6) is 0 Å². The predicted molar refractivity (Wildman–Crippen MR) is 87.8 cm³/mol. The molecule has 0 aliphatic carbocycles. The van der Waals surface area contributed by atoms with Crippen LogP contribution in [0.2, 0.25) is 0 Å². The monoisotopic (exact) mass is 317 g/mol. The van der Waals surface area contributed by atoms with Crippen LogP contribution in [-0.2, 0) is 5.54 Å². The first kappa shape index (κ1) is 13.1. The van der Waals surface area contributed by atoms with Gasteiger partial charge in [-0.15, -0.1) is 11.3 Å². The molecule has 0 saturated carbocycles. The van der Waals surface area contributed by atoms with E-state index in [-0.39, 0.29) is 5.54 Å². The number of thioether (sulfide) groups is 1. The number of fused-ring (bicyclic) bond motifs is 1. The van der Waals surface area contributed by atoms with E-state index in [2.05, 4.69) is 32.4 Å². The molecular formula is C14H15N5S2. The van der Waals surface area contributed by atoms with Gasteiger partial charge in [-0.2, -0.15) is 0 Å². The molecule has 1 unspecified atom stereocenters. The molecule has 2 aliphatic rings. The summed E-state index contributed by atoms with van der Waals surface area (Å²) in [7, 11) is 0. The van der Waals surface area contributed by atoms with Crippen molar-refractivity contribution in [3.8, 4) is 0 Å². The van der Waals surface area contributed by atoms with E-state index in [1.165, 1.54) is 4.88 Å². The fourth-order valence-corrected chi connectivity index (χ4v) is 5.02. The summed E-state index contributed by atoms with van der Waals surface area (Å²) < 4.78 is 0. The number of hydrogen-bond acceptors (Lipinski definition) is 7. The zero-order chi connectivity index (χ0) is 14.3. The minimum Gasteiger partial charge on any atom is -0.379 e. The highest BCUT2D eigenvalue weighted by Gasteiger charge is 2.51. The summed E-state index contributed by atoms with van der Waals surface area (Å²) in [6.07, 6.45) is 3.57. The zero-order valence-electron chi connectivity index (χ0n) is 11.3. The normalized spacial score (nSPS) is 28.3. The van der Waals surface area contributed by atoms with Gasteiger partial charge in [0, 0.05) is 35.5 Å². The van der Waals surface area contributed by atoms with E-state index in [1.807, 2.05) is 6.07 Å². The molecule has 0 spiro atoms. The van der Waals surface area contributed by atoms with Crippen molar-refractivity contribution in [2.24, 2.45) is 16.6 Å². The van der Waals surface area contributed by atoms with Crippen LogP contribution in [-0.4, -0.2) is 34.0 Å². The average molecular weight is 317 g/mol. The molecule has 2 atom stereocenters. The first-order valence-electron chi connectivity index (χ1n) is 6.82. The molecule has 0 bridgehead atoms. The van der Waals surface area contributed by atoms with Gasteiger partial charge in [-0.25, -0.2) is 15.0 Å². The second kappa shape index (κ2) is 4.99. The second-order valence-electron chi connectivity index (χ2n) is 5.29. The first-order chi connectivity index (χ1) is 10.3. The zero-order valence-corrected chi connectivity index (χ0v) is 13.0. The number of anilines is 1. The number of thiophene rings is 1. The molecule has 4 heterocycles. The Bertz CT molecular complexity index is 657. The molecule has 1 saturated heterocycles. The summed E-state index contributed by atoms with van der Waals surface area (Å²) in [6.45, 7) is 1.72. The van der Waals surface area contributed by atoms with Gasteiger partial charge in [0.15, 0.2) is 5.17 Å². The van der Waals surface area contributed by atoms with Gasteiger partial charge in [-0.3, -0.25) is 0 Å². The number of aromatic nitrogens is 2. The SMILES string of the molecule is NC1=NC2(c3cccs3)CN(c3ncccn3)C[C@H]2CS1. The van der Waals surface area contributed by atoms with Crippen molar-refractivity contribution in [2.75, 3.05) is 23.7 Å². The lowest BCUT2D eigenvalue weighted by molar-refractivity contribution is 0.395. The van der Waals surface area contributed by atoms with Crippen LogP contribution in [0.1, 0.15) is 4.88 Å². The lowest BCUT2D eigenvalue weighted by atomic mass is 9.87. The number of hydrogen-bond donors (Lipinski definition) is 1. The Hall–Kier alpha value is -1.60. The molecule has 1 fully saturated rings. The van der Waals surface area contributed by atoms with Gasteiger partial charge < -0.3 is 10.6 Å². The van der Waals surface area contributed by atoms with E-state index in [9.17, 15) is 0 Å². The Morgan fingerprint density at radius 3 is 2.90 bits per heavy atom. The van der Waals surface area contributed by atoms with Crippen molar-refractivity contribution in [3.05, 3.63) is 40.8 Å². The van der Waals surface area contributed by atoms with E-state index in [1.54, 1.807) is 35.5 Å². The van der Waals surface area contributed by atoms with Crippen LogP contribution < -0.4 is 10.6 Å². The minimum atomic E-state index is -0.233. The maximum atomic E-state index is 6.03. The first-order valence-corrected chi connectivity index (χ1v) is 8.68. The molecule has 0 radical (unpaired) electrons. The van der Waals surface area contributed by atoms with E-state index < -0.39 is 0 Å². The maximum absolute atomic E-state index is 6.03. The lowest BCUT2D eigenvalue weighted by Gasteiger charge is -2.33. The summed E-state index contributed by atoms with van der Waals surface area (Å²) in [5, 5.41) is 2.80. The van der Waals surface area contributed by atoms with Crippen LogP contribution in [0.25, 0.3) is 0 Å². The van der Waals surface area contributed by atoms with Crippen LogP contribution in [0, 0.1) is 5.92 Å². The van der Waals surface area contributed by atoms with Gasteiger partial charge in [-0.1, -0.05) is 17.8 Å². The fraction of sp³-hybridized carbons (Fsp3) is 0.357. The molecule has 5 nitrogen and oxygen atoms in total. The predicted octanol–water partition coefficient (Wildman–Crippen LogP) is 1.93. The van der Waals surface area contributed by atoms with Crippen LogP contribution >= 0.6 is 23.1 Å². The quantitative estimate of drug-likeness (QED) is 0.917. The highest BCUT2D eigenvalue weighted by atomic mass is 32.2. The second-order valence-corrected chi connectivity index (χ2v) is 7.28. The Kier molecular flexibility index (Phi) is 3.11. The van der Waals surface area contributed by atoms with Gasteiger partial charge in [0.1, 0.15) is 5.54 Å². The molecule has 4 rings (SSSR count). The molecule has 2 aliphatic heterocycles. The summed E-state index contributed by atoms with van der Waals surface area (Å²) in [5.41, 5.74) is 5.80. The van der Waals surface area contributed by atoms with E-state index in [0.29, 0.717) is 11.1 Å². The highest BCUT2D eigenvalue weighted by Crippen LogP contribution is 2.47. The summed E-state index contributed by atoms with van der Waals surface area (Å²) in [5.74, 6) is 2.22. The van der Waals surface area contributed by atoms with Crippen molar-refractivity contribution in [2.45, 2.75) is 5.54 Å². The van der Waals surface area contributed by atoms with Crippen molar-refractivity contribution in [1.29, 1.82) is 0 Å². The molecule has 2 aromatic rings. The molecule has 21 heavy (non-hydrogen) atoms. The Morgan fingerprint density at radius 1 is 1.29 bits per heavy atom. The lowest BCUT2D eigenvalue weighted by Crippen LogP contribution is -2.39. The average Bonchev–Trinajstić information content (AvgIpc) is 3.15. The van der Waals surface area contributed by atoms with Gasteiger partial charge in [0.25, 0.3) is 0 Å². The van der Waals surface area contributed by atoms with Crippen LogP contribution in [0.3, 0.4) is 0 Å². The third kappa shape index (κ3) is 2.11. The van der Waals surface area contributed by atoms with E-state index >= 15 is 0 Å². The van der Waals surface area contributed by atoms with Crippen molar-refractivity contribution >= 4 is 34.2 Å². The summed E-state index contributed by atoms with van der Waals surface area (Å²) in [4.78, 5) is 17.1. The van der Waals surface area contributed by atoms with Gasteiger partial charge in [0.05, 0.1) is 6.54 Å². The third-order valence-electron chi connectivity index (χ3n) is 4.07. The molecule has 0 amide bonds. The van der Waals surface area contributed by atoms with Gasteiger partial charge >= 0.3 is 0 Å². The standard InChI is InChI=1S/C14H15N5S2/c15-12-18-14(11-3-1-6-20-11)9-19(7-10(14)8-21-12)13-16-4-2-5-17-13/h1-6,10H,7-9H2,(H2,15,18)/t10-,14?/m0/s1. The van der Waals surface area contributed by atoms with Crippen molar-refractivity contribution < 1.29 is 0 Å². The molecular weight excluding hydrogens is 302 g/mol. The summed E-state index contributed by atoms with van der Waals surface area (Å²) >= 11 is 3.41. The Morgan fingerprint density at radius 2 is 2.14 bits per heavy atom. The number of rotatable bonds is 2.